The highest BCUT2D eigenvalue weighted by molar-refractivity contribution is 5.78. The average Bonchev–Trinajstić information content (AvgIpc) is 3.02. The van der Waals surface area contributed by atoms with E-state index in [0.29, 0.717) is 12.1 Å². The summed E-state index contributed by atoms with van der Waals surface area (Å²) in [5.41, 5.74) is 2.41. The van der Waals surface area contributed by atoms with E-state index < -0.39 is 0 Å². The summed E-state index contributed by atoms with van der Waals surface area (Å²) in [6.45, 7) is 2.35. The van der Waals surface area contributed by atoms with E-state index in [1.807, 2.05) is 42.0 Å². The lowest BCUT2D eigenvalue weighted by molar-refractivity contribution is -0.120. The number of benzene rings is 2. The van der Waals surface area contributed by atoms with Gasteiger partial charge < -0.3 is 9.88 Å². The summed E-state index contributed by atoms with van der Waals surface area (Å²) >= 11 is 0. The molecule has 3 aromatic rings. The van der Waals surface area contributed by atoms with Gasteiger partial charge in [-0.2, -0.15) is 0 Å². The molecule has 0 saturated carbocycles. The van der Waals surface area contributed by atoms with E-state index in [1.165, 1.54) is 6.07 Å². The minimum atomic E-state index is -0.354. The summed E-state index contributed by atoms with van der Waals surface area (Å²) < 4.78 is 15.5. The molecule has 4 nitrogen and oxygen atoms in total. The van der Waals surface area contributed by atoms with Gasteiger partial charge in [-0.3, -0.25) is 4.79 Å². The van der Waals surface area contributed by atoms with Crippen LogP contribution in [0.25, 0.3) is 5.69 Å². The van der Waals surface area contributed by atoms with Crippen molar-refractivity contribution in [2.75, 3.05) is 0 Å². The van der Waals surface area contributed by atoms with Crippen LogP contribution in [0, 0.1) is 12.7 Å². The Labute approximate surface area is 140 Å². The maximum absolute atomic E-state index is 13.5. The summed E-state index contributed by atoms with van der Waals surface area (Å²) in [7, 11) is 0. The molecular formula is C19H18FN3O. The Morgan fingerprint density at radius 1 is 1.17 bits per heavy atom. The second-order valence-electron chi connectivity index (χ2n) is 5.56. The second kappa shape index (κ2) is 7.08. The highest BCUT2D eigenvalue weighted by atomic mass is 19.1. The van der Waals surface area contributed by atoms with Gasteiger partial charge in [0.2, 0.25) is 5.91 Å². The first-order valence-corrected chi connectivity index (χ1v) is 7.73. The maximum atomic E-state index is 13.5. The smallest absolute Gasteiger partial charge is 0.224 e. The first kappa shape index (κ1) is 15.9. The van der Waals surface area contributed by atoms with E-state index in [2.05, 4.69) is 10.3 Å². The highest BCUT2D eigenvalue weighted by Gasteiger charge is 2.07. The minimum absolute atomic E-state index is 0.0407. The number of imidazole rings is 1. The Morgan fingerprint density at radius 2 is 1.92 bits per heavy atom. The average molecular weight is 323 g/mol. The third kappa shape index (κ3) is 3.68. The number of aryl methyl sites for hydroxylation is 1. The van der Waals surface area contributed by atoms with Crippen molar-refractivity contribution < 1.29 is 9.18 Å². The summed E-state index contributed by atoms with van der Waals surface area (Å²) in [4.78, 5) is 16.1. The Kier molecular flexibility index (Phi) is 4.70. The molecule has 24 heavy (non-hydrogen) atoms. The van der Waals surface area contributed by atoms with Gasteiger partial charge >= 0.3 is 0 Å². The van der Waals surface area contributed by atoms with Gasteiger partial charge in [-0.05, 0) is 36.2 Å². The molecule has 0 fully saturated rings. The fraction of sp³-hybridized carbons (Fsp3) is 0.158. The predicted molar refractivity (Wildman–Crippen MR) is 90.3 cm³/mol. The van der Waals surface area contributed by atoms with E-state index in [-0.39, 0.29) is 18.1 Å². The first-order valence-electron chi connectivity index (χ1n) is 7.73. The number of rotatable bonds is 5. The molecule has 5 heteroatoms. The van der Waals surface area contributed by atoms with Crippen LogP contribution in [0.2, 0.25) is 0 Å². The zero-order valence-corrected chi connectivity index (χ0v) is 13.4. The van der Waals surface area contributed by atoms with Crippen LogP contribution >= 0.6 is 0 Å². The summed E-state index contributed by atoms with van der Waals surface area (Å²) in [5, 5.41) is 2.82. The molecule has 0 bridgehead atoms. The number of carbonyl (C=O) groups is 1. The molecule has 0 aliphatic heterocycles. The Bertz CT molecular complexity index is 840. The fourth-order valence-corrected chi connectivity index (χ4v) is 2.50. The summed E-state index contributed by atoms with van der Waals surface area (Å²) in [6.07, 6.45) is 3.70. The molecule has 0 aliphatic rings. The molecule has 1 aromatic heterocycles. The predicted octanol–water partition coefficient (Wildman–Crippen LogP) is 3.18. The lowest BCUT2D eigenvalue weighted by Crippen LogP contribution is -2.24. The number of nitrogens with zero attached hydrogens (tertiary/aromatic N) is 2. The van der Waals surface area contributed by atoms with E-state index >= 15 is 0 Å². The number of amides is 1. The van der Waals surface area contributed by atoms with Gasteiger partial charge in [-0.15, -0.1) is 0 Å². The van der Waals surface area contributed by atoms with E-state index in [1.54, 1.807) is 24.4 Å². The Hall–Kier alpha value is -2.95. The summed E-state index contributed by atoms with van der Waals surface area (Å²) in [6, 6.07) is 14.2. The van der Waals surface area contributed by atoms with Crippen molar-refractivity contribution in [3.8, 4) is 5.69 Å². The molecule has 0 unspecified atom stereocenters. The second-order valence-corrected chi connectivity index (χ2v) is 5.56. The van der Waals surface area contributed by atoms with Crippen LogP contribution in [0.4, 0.5) is 4.39 Å². The van der Waals surface area contributed by atoms with E-state index in [0.717, 1.165) is 17.1 Å². The largest absolute Gasteiger partial charge is 0.352 e. The number of aromatic nitrogens is 2. The lowest BCUT2D eigenvalue weighted by atomic mass is 10.1. The number of hydrogen-bond acceptors (Lipinski definition) is 2. The molecule has 0 spiro atoms. The molecular weight excluding hydrogens is 305 g/mol. The van der Waals surface area contributed by atoms with Gasteiger partial charge in [-0.25, -0.2) is 9.37 Å². The lowest BCUT2D eigenvalue weighted by Gasteiger charge is -2.08. The SMILES string of the molecule is Cc1nccn1-c1ccc(CNC(=O)Cc2ccccc2F)cc1. The van der Waals surface area contributed by atoms with Crippen LogP contribution in [0.5, 0.6) is 0 Å². The molecule has 0 radical (unpaired) electrons. The topological polar surface area (TPSA) is 46.9 Å². The van der Waals surface area contributed by atoms with Crippen LogP contribution in [0.1, 0.15) is 17.0 Å². The molecule has 122 valence electrons. The molecule has 2 aromatic carbocycles. The number of halogens is 1. The van der Waals surface area contributed by atoms with Gasteiger partial charge in [0.05, 0.1) is 6.42 Å². The fourth-order valence-electron chi connectivity index (χ4n) is 2.50. The molecule has 0 atom stereocenters. The maximum Gasteiger partial charge on any atom is 0.224 e. The normalized spacial score (nSPS) is 10.6. The van der Waals surface area contributed by atoms with Crippen molar-refractivity contribution in [1.29, 1.82) is 0 Å². The molecule has 0 saturated heterocycles. The van der Waals surface area contributed by atoms with Crippen molar-refractivity contribution in [2.24, 2.45) is 0 Å². The zero-order valence-electron chi connectivity index (χ0n) is 13.4. The number of carbonyl (C=O) groups excluding carboxylic acids is 1. The van der Waals surface area contributed by atoms with Crippen LogP contribution in [0.15, 0.2) is 60.9 Å². The van der Waals surface area contributed by atoms with Crippen molar-refractivity contribution in [3.63, 3.8) is 0 Å². The minimum Gasteiger partial charge on any atom is -0.352 e. The monoisotopic (exact) mass is 323 g/mol. The quantitative estimate of drug-likeness (QED) is 0.784. The standard InChI is InChI=1S/C19H18FN3O/c1-14-21-10-11-23(14)17-8-6-15(7-9-17)13-22-19(24)12-16-4-2-3-5-18(16)20/h2-11H,12-13H2,1H3,(H,22,24). The van der Waals surface area contributed by atoms with E-state index in [9.17, 15) is 9.18 Å². The number of nitrogens with one attached hydrogen (secondary N) is 1. The molecule has 3 rings (SSSR count). The van der Waals surface area contributed by atoms with Crippen molar-refractivity contribution in [1.82, 2.24) is 14.9 Å². The molecule has 1 amide bonds. The Morgan fingerprint density at radius 3 is 2.58 bits per heavy atom. The van der Waals surface area contributed by atoms with Gasteiger partial charge in [0, 0.05) is 24.6 Å². The molecule has 0 aliphatic carbocycles. The van der Waals surface area contributed by atoms with Crippen molar-refractivity contribution in [2.45, 2.75) is 19.9 Å². The van der Waals surface area contributed by atoms with Crippen molar-refractivity contribution >= 4 is 5.91 Å². The Balaban J connectivity index is 1.58. The van der Waals surface area contributed by atoms with Crippen LogP contribution < -0.4 is 5.32 Å². The van der Waals surface area contributed by atoms with Crippen LogP contribution in [-0.4, -0.2) is 15.5 Å². The highest BCUT2D eigenvalue weighted by Crippen LogP contribution is 2.12. The number of hydrogen-bond donors (Lipinski definition) is 1. The zero-order chi connectivity index (χ0) is 16.9. The molecule has 1 N–H and O–H groups in total. The van der Waals surface area contributed by atoms with Gasteiger partial charge in [-0.1, -0.05) is 30.3 Å². The molecule has 1 heterocycles. The van der Waals surface area contributed by atoms with Gasteiger partial charge in [0.25, 0.3) is 0 Å². The van der Waals surface area contributed by atoms with E-state index in [4.69, 9.17) is 0 Å². The summed E-state index contributed by atoms with van der Waals surface area (Å²) in [5.74, 6) is 0.364. The third-order valence-corrected chi connectivity index (χ3v) is 3.84. The van der Waals surface area contributed by atoms with Gasteiger partial charge in [0.1, 0.15) is 11.6 Å². The van der Waals surface area contributed by atoms with Crippen LogP contribution in [-0.2, 0) is 17.8 Å². The van der Waals surface area contributed by atoms with Crippen molar-refractivity contribution in [3.05, 3.63) is 83.7 Å². The first-order chi connectivity index (χ1) is 11.6. The van der Waals surface area contributed by atoms with Gasteiger partial charge in [0.15, 0.2) is 0 Å². The van der Waals surface area contributed by atoms with Crippen LogP contribution in [0.3, 0.4) is 0 Å². The third-order valence-electron chi connectivity index (χ3n) is 3.84.